The minimum atomic E-state index is 0.450. The molecule has 19 heavy (non-hydrogen) atoms. The first kappa shape index (κ1) is 12.9. The third-order valence-electron chi connectivity index (χ3n) is 3.36. The molecule has 1 aliphatic rings. The zero-order valence-electron chi connectivity index (χ0n) is 10.6. The number of thiophene rings is 1. The van der Waals surface area contributed by atoms with Crippen molar-refractivity contribution in [2.45, 2.75) is 32.0 Å². The van der Waals surface area contributed by atoms with Gasteiger partial charge in [-0.3, -0.25) is 0 Å². The lowest BCUT2D eigenvalue weighted by molar-refractivity contribution is 0.778. The van der Waals surface area contributed by atoms with Gasteiger partial charge in [0.25, 0.3) is 0 Å². The Labute approximate surface area is 122 Å². The molecule has 5 heteroatoms. The summed E-state index contributed by atoms with van der Waals surface area (Å²) in [5.41, 5.74) is 8.02. The van der Waals surface area contributed by atoms with Crippen LogP contribution in [0.2, 0.25) is 5.02 Å². The van der Waals surface area contributed by atoms with E-state index in [1.165, 1.54) is 18.4 Å². The highest BCUT2D eigenvalue weighted by atomic mass is 35.5. The van der Waals surface area contributed by atoms with Gasteiger partial charge in [-0.15, -0.1) is 0 Å². The summed E-state index contributed by atoms with van der Waals surface area (Å²) in [6, 6.07) is 4.80. The van der Waals surface area contributed by atoms with Crippen LogP contribution in [0.5, 0.6) is 0 Å². The van der Waals surface area contributed by atoms with Crippen molar-refractivity contribution in [2.75, 3.05) is 4.90 Å². The fraction of sp³-hybridized carbons (Fsp3) is 0.357. The van der Waals surface area contributed by atoms with Crippen molar-refractivity contribution in [3.63, 3.8) is 0 Å². The summed E-state index contributed by atoms with van der Waals surface area (Å²) in [6.45, 7) is 1.36. The van der Waals surface area contributed by atoms with Gasteiger partial charge >= 0.3 is 0 Å². The molecule has 0 bridgehead atoms. The van der Waals surface area contributed by atoms with Crippen molar-refractivity contribution in [3.8, 4) is 0 Å². The van der Waals surface area contributed by atoms with Crippen molar-refractivity contribution < 1.29 is 0 Å². The zero-order valence-corrected chi connectivity index (χ0v) is 12.1. The monoisotopic (exact) mass is 293 g/mol. The van der Waals surface area contributed by atoms with E-state index in [4.69, 9.17) is 17.3 Å². The molecule has 1 saturated carbocycles. The van der Waals surface area contributed by atoms with E-state index in [-0.39, 0.29) is 0 Å². The van der Waals surface area contributed by atoms with Crippen molar-refractivity contribution >= 4 is 28.8 Å². The Bertz CT molecular complexity index is 552. The SMILES string of the molecule is NCc1cc(N(Cc2ccsc2)C2CC2)ncc1Cl. The number of aromatic nitrogens is 1. The van der Waals surface area contributed by atoms with Crippen LogP contribution in [-0.2, 0) is 13.1 Å². The Hall–Kier alpha value is -1.10. The highest BCUT2D eigenvalue weighted by Gasteiger charge is 2.30. The van der Waals surface area contributed by atoms with Gasteiger partial charge in [0.15, 0.2) is 0 Å². The van der Waals surface area contributed by atoms with E-state index in [2.05, 4.69) is 26.7 Å². The molecule has 2 heterocycles. The topological polar surface area (TPSA) is 42.1 Å². The predicted molar refractivity (Wildman–Crippen MR) is 80.7 cm³/mol. The second kappa shape index (κ2) is 5.49. The van der Waals surface area contributed by atoms with Crippen LogP contribution in [0.25, 0.3) is 0 Å². The van der Waals surface area contributed by atoms with Gasteiger partial charge in [0, 0.05) is 25.3 Å². The molecule has 1 aliphatic carbocycles. The normalized spacial score (nSPS) is 14.6. The van der Waals surface area contributed by atoms with E-state index in [0.29, 0.717) is 17.6 Å². The smallest absolute Gasteiger partial charge is 0.129 e. The Morgan fingerprint density at radius 1 is 1.47 bits per heavy atom. The average molecular weight is 294 g/mol. The Kier molecular flexibility index (Phi) is 3.73. The number of rotatable bonds is 5. The van der Waals surface area contributed by atoms with Crippen LogP contribution in [0.1, 0.15) is 24.0 Å². The number of pyridine rings is 1. The maximum absolute atomic E-state index is 6.08. The molecule has 0 spiro atoms. The van der Waals surface area contributed by atoms with Gasteiger partial charge in [-0.25, -0.2) is 4.98 Å². The van der Waals surface area contributed by atoms with Gasteiger partial charge in [-0.1, -0.05) is 11.6 Å². The van der Waals surface area contributed by atoms with Gasteiger partial charge in [0.1, 0.15) is 5.82 Å². The molecule has 0 radical (unpaired) electrons. The number of nitrogens with two attached hydrogens (primary N) is 1. The van der Waals surface area contributed by atoms with Crippen LogP contribution in [0.4, 0.5) is 5.82 Å². The van der Waals surface area contributed by atoms with Crippen molar-refractivity contribution in [2.24, 2.45) is 5.73 Å². The zero-order chi connectivity index (χ0) is 13.2. The molecule has 0 aliphatic heterocycles. The summed E-state index contributed by atoms with van der Waals surface area (Å²) in [4.78, 5) is 6.83. The summed E-state index contributed by atoms with van der Waals surface area (Å²) in [6.07, 6.45) is 4.20. The number of nitrogens with zero attached hydrogens (tertiary/aromatic N) is 2. The summed E-state index contributed by atoms with van der Waals surface area (Å²) in [5, 5.41) is 4.95. The van der Waals surface area contributed by atoms with Crippen LogP contribution in [-0.4, -0.2) is 11.0 Å². The van der Waals surface area contributed by atoms with Crippen LogP contribution < -0.4 is 10.6 Å². The quantitative estimate of drug-likeness (QED) is 0.918. The Balaban J connectivity index is 1.87. The molecule has 2 N–H and O–H groups in total. The summed E-state index contributed by atoms with van der Waals surface area (Å²) in [7, 11) is 0. The fourth-order valence-electron chi connectivity index (χ4n) is 2.14. The molecule has 0 aromatic carbocycles. The first-order valence-corrected chi connectivity index (χ1v) is 7.72. The number of halogens is 1. The fourth-order valence-corrected chi connectivity index (χ4v) is 2.98. The molecule has 2 aromatic heterocycles. The summed E-state index contributed by atoms with van der Waals surface area (Å²) < 4.78 is 0. The minimum Gasteiger partial charge on any atom is -0.349 e. The van der Waals surface area contributed by atoms with Crippen LogP contribution in [0.3, 0.4) is 0 Å². The molecule has 3 nitrogen and oxygen atoms in total. The Morgan fingerprint density at radius 3 is 2.95 bits per heavy atom. The molecule has 2 aromatic rings. The van der Waals surface area contributed by atoms with E-state index in [1.807, 2.05) is 6.07 Å². The molecule has 100 valence electrons. The lowest BCUT2D eigenvalue weighted by Gasteiger charge is -2.23. The van der Waals surface area contributed by atoms with Crippen molar-refractivity contribution in [3.05, 3.63) is 45.2 Å². The number of anilines is 1. The second-order valence-corrected chi connectivity index (χ2v) is 6.02. The largest absolute Gasteiger partial charge is 0.349 e. The maximum atomic E-state index is 6.08. The highest BCUT2D eigenvalue weighted by molar-refractivity contribution is 7.07. The molecule has 0 atom stereocenters. The van der Waals surface area contributed by atoms with Gasteiger partial charge in [0.2, 0.25) is 0 Å². The molecule has 0 saturated heterocycles. The van der Waals surface area contributed by atoms with Crippen molar-refractivity contribution in [1.29, 1.82) is 0 Å². The number of hydrogen-bond donors (Lipinski definition) is 1. The lowest BCUT2D eigenvalue weighted by Crippen LogP contribution is -2.26. The van der Waals surface area contributed by atoms with Gasteiger partial charge < -0.3 is 10.6 Å². The molecule has 3 rings (SSSR count). The third-order valence-corrected chi connectivity index (χ3v) is 4.43. The number of hydrogen-bond acceptors (Lipinski definition) is 4. The van der Waals surface area contributed by atoms with Gasteiger partial charge in [-0.05, 0) is 46.9 Å². The van der Waals surface area contributed by atoms with E-state index in [9.17, 15) is 0 Å². The second-order valence-electron chi connectivity index (χ2n) is 4.83. The maximum Gasteiger partial charge on any atom is 0.129 e. The van der Waals surface area contributed by atoms with Gasteiger partial charge in [0.05, 0.1) is 5.02 Å². The standard InChI is InChI=1S/C14H16ClN3S/c15-13-7-17-14(5-11(13)6-16)18(12-1-2-12)8-10-3-4-19-9-10/h3-5,7,9,12H,1-2,6,8,16H2. The Morgan fingerprint density at radius 2 is 2.32 bits per heavy atom. The highest BCUT2D eigenvalue weighted by Crippen LogP contribution is 2.33. The molecule has 0 amide bonds. The summed E-state index contributed by atoms with van der Waals surface area (Å²) in [5.74, 6) is 0.985. The first-order valence-electron chi connectivity index (χ1n) is 6.40. The first-order chi connectivity index (χ1) is 9.28. The third kappa shape index (κ3) is 2.91. The van der Waals surface area contributed by atoms with Crippen LogP contribution >= 0.6 is 22.9 Å². The van der Waals surface area contributed by atoms with Crippen molar-refractivity contribution in [1.82, 2.24) is 4.98 Å². The van der Waals surface area contributed by atoms with Crippen LogP contribution in [0.15, 0.2) is 29.1 Å². The van der Waals surface area contributed by atoms with E-state index in [0.717, 1.165) is 17.9 Å². The molecular formula is C14H16ClN3S. The molecule has 0 unspecified atom stereocenters. The van der Waals surface area contributed by atoms with Crippen LogP contribution in [0, 0.1) is 0 Å². The van der Waals surface area contributed by atoms with Gasteiger partial charge in [-0.2, -0.15) is 11.3 Å². The van der Waals surface area contributed by atoms with E-state index < -0.39 is 0 Å². The summed E-state index contributed by atoms with van der Waals surface area (Å²) >= 11 is 7.81. The lowest BCUT2D eigenvalue weighted by atomic mass is 10.2. The van der Waals surface area contributed by atoms with E-state index >= 15 is 0 Å². The molecular weight excluding hydrogens is 278 g/mol. The molecule has 1 fully saturated rings. The average Bonchev–Trinajstić information content (AvgIpc) is 3.14. The minimum absolute atomic E-state index is 0.450. The van der Waals surface area contributed by atoms with E-state index in [1.54, 1.807) is 17.5 Å². The predicted octanol–water partition coefficient (Wildman–Crippen LogP) is 3.42.